The van der Waals surface area contributed by atoms with Gasteiger partial charge in [-0.1, -0.05) is 24.3 Å². The fraction of sp³-hybridized carbons (Fsp3) is 0.143. The maximum atomic E-state index is 2.26. The Labute approximate surface area is 95.7 Å². The van der Waals surface area contributed by atoms with E-state index in [0.29, 0.717) is 0 Å². The van der Waals surface area contributed by atoms with Gasteiger partial charge in [0.1, 0.15) is 11.4 Å². The van der Waals surface area contributed by atoms with E-state index in [1.807, 2.05) is 0 Å². The molecule has 0 spiro atoms. The molecule has 0 atom stereocenters. The number of anilines is 2. The molecule has 2 aromatic rings. The molecular formula is C14H15N2+. The third-order valence-corrected chi connectivity index (χ3v) is 3.34. The molecule has 0 bridgehead atoms. The molecule has 0 aliphatic carbocycles. The SMILES string of the molecule is CN1c2ccccc2[NH+](C)c2ccccc21. The standard InChI is InChI=1S/C14H14N2/c1-15-11-7-3-5-9-13(11)16(2)14-10-6-4-8-12(14)15/h3-10H,1-2H3/p+1. The molecule has 0 aromatic heterocycles. The van der Waals surface area contributed by atoms with Gasteiger partial charge < -0.3 is 4.90 Å². The van der Waals surface area contributed by atoms with Crippen molar-refractivity contribution in [2.75, 3.05) is 19.0 Å². The van der Waals surface area contributed by atoms with Crippen molar-refractivity contribution in [2.45, 2.75) is 0 Å². The first-order chi connectivity index (χ1) is 7.79. The van der Waals surface area contributed by atoms with E-state index in [1.54, 1.807) is 0 Å². The molecule has 16 heavy (non-hydrogen) atoms. The summed E-state index contributed by atoms with van der Waals surface area (Å²) in [6, 6.07) is 17.1. The van der Waals surface area contributed by atoms with Crippen LogP contribution in [0.2, 0.25) is 0 Å². The van der Waals surface area contributed by atoms with E-state index in [-0.39, 0.29) is 0 Å². The molecule has 1 heterocycles. The Kier molecular flexibility index (Phi) is 1.98. The summed E-state index contributed by atoms with van der Waals surface area (Å²) in [5.74, 6) is 0. The Morgan fingerprint density at radius 3 is 1.75 bits per heavy atom. The van der Waals surface area contributed by atoms with Crippen molar-refractivity contribution < 1.29 is 4.90 Å². The van der Waals surface area contributed by atoms with E-state index >= 15 is 0 Å². The first kappa shape index (κ1) is 9.43. The maximum absolute atomic E-state index is 2.26. The molecule has 0 saturated heterocycles. The molecule has 2 aromatic carbocycles. The molecule has 0 fully saturated rings. The van der Waals surface area contributed by atoms with Crippen LogP contribution in [-0.4, -0.2) is 14.1 Å². The minimum absolute atomic E-state index is 1.29. The van der Waals surface area contributed by atoms with Gasteiger partial charge in [0, 0.05) is 19.2 Å². The van der Waals surface area contributed by atoms with Crippen LogP contribution in [0, 0.1) is 0 Å². The largest absolute Gasteiger partial charge is 0.335 e. The number of quaternary nitrogens is 1. The average Bonchev–Trinajstić information content (AvgIpc) is 2.36. The van der Waals surface area contributed by atoms with Crippen molar-refractivity contribution in [3.63, 3.8) is 0 Å². The quantitative estimate of drug-likeness (QED) is 0.702. The molecule has 0 unspecified atom stereocenters. The summed E-state index contributed by atoms with van der Waals surface area (Å²) in [7, 11) is 4.33. The van der Waals surface area contributed by atoms with Crippen LogP contribution < -0.4 is 9.80 Å². The van der Waals surface area contributed by atoms with Gasteiger partial charge in [-0.05, 0) is 12.1 Å². The lowest BCUT2D eigenvalue weighted by Gasteiger charge is -2.31. The van der Waals surface area contributed by atoms with Crippen molar-refractivity contribution >= 4 is 22.7 Å². The van der Waals surface area contributed by atoms with Crippen LogP contribution >= 0.6 is 0 Å². The Bertz CT molecular complexity index is 438. The van der Waals surface area contributed by atoms with Crippen LogP contribution in [-0.2, 0) is 0 Å². The second-order valence-electron chi connectivity index (χ2n) is 4.22. The van der Waals surface area contributed by atoms with E-state index in [4.69, 9.17) is 0 Å². The topological polar surface area (TPSA) is 7.68 Å². The summed E-state index contributed by atoms with van der Waals surface area (Å²) in [5, 5.41) is 0. The fourth-order valence-corrected chi connectivity index (χ4v) is 2.44. The number of hydrogen-bond donors (Lipinski definition) is 1. The van der Waals surface area contributed by atoms with Gasteiger partial charge in [-0.3, -0.25) is 4.90 Å². The first-order valence-electron chi connectivity index (χ1n) is 5.55. The third-order valence-electron chi connectivity index (χ3n) is 3.34. The van der Waals surface area contributed by atoms with E-state index in [1.165, 1.54) is 27.6 Å². The summed E-state index contributed by atoms with van der Waals surface area (Å²) in [6.07, 6.45) is 0. The second kappa shape index (κ2) is 3.35. The zero-order chi connectivity index (χ0) is 11.1. The second-order valence-corrected chi connectivity index (χ2v) is 4.22. The normalized spacial score (nSPS) is 14.5. The van der Waals surface area contributed by atoms with Crippen LogP contribution in [0.5, 0.6) is 0 Å². The zero-order valence-corrected chi connectivity index (χ0v) is 9.57. The number of rotatable bonds is 0. The molecular weight excluding hydrogens is 196 g/mol. The lowest BCUT2D eigenvalue weighted by atomic mass is 10.1. The van der Waals surface area contributed by atoms with Gasteiger partial charge in [-0.2, -0.15) is 0 Å². The van der Waals surface area contributed by atoms with Crippen molar-refractivity contribution in [1.29, 1.82) is 0 Å². The highest BCUT2D eigenvalue weighted by Gasteiger charge is 2.27. The monoisotopic (exact) mass is 211 g/mol. The molecule has 80 valence electrons. The predicted octanol–water partition coefficient (Wildman–Crippen LogP) is 2.25. The van der Waals surface area contributed by atoms with E-state index < -0.39 is 0 Å². The summed E-state index contributed by atoms with van der Waals surface area (Å²) in [4.78, 5) is 3.63. The van der Waals surface area contributed by atoms with Crippen molar-refractivity contribution in [3.8, 4) is 0 Å². The third kappa shape index (κ3) is 1.17. The molecule has 2 nitrogen and oxygen atoms in total. The molecule has 1 aliphatic rings. The highest BCUT2D eigenvalue weighted by Crippen LogP contribution is 2.36. The van der Waals surface area contributed by atoms with Crippen LogP contribution in [0.25, 0.3) is 0 Å². The van der Waals surface area contributed by atoms with Gasteiger partial charge >= 0.3 is 0 Å². The minimum atomic E-state index is 1.29. The van der Waals surface area contributed by atoms with Gasteiger partial charge in [0.25, 0.3) is 0 Å². The number of benzene rings is 2. The molecule has 0 radical (unpaired) electrons. The maximum Gasteiger partial charge on any atom is 0.160 e. The van der Waals surface area contributed by atoms with E-state index in [0.717, 1.165) is 0 Å². The molecule has 3 rings (SSSR count). The van der Waals surface area contributed by atoms with Gasteiger partial charge in [0.15, 0.2) is 11.4 Å². The number of nitrogens with zero attached hydrogens (tertiary/aromatic N) is 1. The number of hydrogen-bond acceptors (Lipinski definition) is 1. The molecule has 1 N–H and O–H groups in total. The Morgan fingerprint density at radius 2 is 1.25 bits per heavy atom. The first-order valence-corrected chi connectivity index (χ1v) is 5.55. The van der Waals surface area contributed by atoms with Crippen LogP contribution in [0.3, 0.4) is 0 Å². The number of nitrogens with one attached hydrogen (secondary N) is 1. The Morgan fingerprint density at radius 1 is 0.812 bits per heavy atom. The van der Waals surface area contributed by atoms with Crippen molar-refractivity contribution in [1.82, 2.24) is 0 Å². The van der Waals surface area contributed by atoms with Gasteiger partial charge in [0.05, 0.1) is 7.05 Å². The van der Waals surface area contributed by atoms with Crippen LogP contribution in [0.1, 0.15) is 0 Å². The number of fused-ring (bicyclic) bond motifs is 2. The summed E-state index contributed by atoms with van der Waals surface area (Å²) in [6.45, 7) is 0. The lowest BCUT2D eigenvalue weighted by molar-refractivity contribution is -0.734. The van der Waals surface area contributed by atoms with Gasteiger partial charge in [-0.15, -0.1) is 0 Å². The molecule has 0 amide bonds. The van der Waals surface area contributed by atoms with Gasteiger partial charge in [-0.25, -0.2) is 0 Å². The summed E-state index contributed by atoms with van der Waals surface area (Å²) in [5.41, 5.74) is 5.25. The van der Waals surface area contributed by atoms with Crippen molar-refractivity contribution in [3.05, 3.63) is 48.5 Å². The van der Waals surface area contributed by atoms with E-state index in [2.05, 4.69) is 67.5 Å². The highest BCUT2D eigenvalue weighted by atomic mass is 15.2. The van der Waals surface area contributed by atoms with Crippen LogP contribution in [0.4, 0.5) is 22.7 Å². The average molecular weight is 211 g/mol. The number of para-hydroxylation sites is 4. The molecule has 1 aliphatic heterocycles. The molecule has 0 saturated carbocycles. The highest BCUT2D eigenvalue weighted by molar-refractivity contribution is 5.80. The smallest absolute Gasteiger partial charge is 0.160 e. The van der Waals surface area contributed by atoms with Crippen LogP contribution in [0.15, 0.2) is 48.5 Å². The van der Waals surface area contributed by atoms with Gasteiger partial charge in [0.2, 0.25) is 0 Å². The Balaban J connectivity index is 2.26. The summed E-state index contributed by atoms with van der Waals surface area (Å²) < 4.78 is 0. The van der Waals surface area contributed by atoms with E-state index in [9.17, 15) is 0 Å². The Hall–Kier alpha value is -1.80. The fourth-order valence-electron chi connectivity index (χ4n) is 2.44. The van der Waals surface area contributed by atoms with Crippen molar-refractivity contribution in [2.24, 2.45) is 0 Å². The zero-order valence-electron chi connectivity index (χ0n) is 9.57. The predicted molar refractivity (Wildman–Crippen MR) is 67.2 cm³/mol. The minimum Gasteiger partial charge on any atom is -0.335 e. The lowest BCUT2D eigenvalue weighted by Crippen LogP contribution is -2.99. The molecule has 2 heteroatoms. The summed E-state index contributed by atoms with van der Waals surface area (Å²) >= 11 is 0.